The van der Waals surface area contributed by atoms with Crippen molar-refractivity contribution in [1.82, 2.24) is 0 Å². The van der Waals surface area contributed by atoms with Gasteiger partial charge >= 0.3 is 0 Å². The Labute approximate surface area is 139 Å². The van der Waals surface area contributed by atoms with Crippen molar-refractivity contribution < 1.29 is 18.9 Å². The van der Waals surface area contributed by atoms with E-state index in [1.807, 2.05) is 43.3 Å². The van der Waals surface area contributed by atoms with Gasteiger partial charge in [0.1, 0.15) is 11.5 Å². The van der Waals surface area contributed by atoms with Gasteiger partial charge in [-0.05, 0) is 34.0 Å². The zero-order chi connectivity index (χ0) is 15.9. The molecule has 2 rings (SSSR count). The fourth-order valence-electron chi connectivity index (χ4n) is 2.16. The maximum absolute atomic E-state index is 5.73. The van der Waals surface area contributed by atoms with Crippen molar-refractivity contribution in [3.63, 3.8) is 0 Å². The van der Waals surface area contributed by atoms with Crippen molar-refractivity contribution in [3.8, 4) is 22.6 Å². The molecule has 0 aliphatic rings. The molecule has 4 nitrogen and oxygen atoms in total. The first kappa shape index (κ1) is 16.8. The number of methoxy groups -OCH3 is 2. The molecule has 118 valence electrons. The summed E-state index contributed by atoms with van der Waals surface area (Å²) in [6, 6.07) is 11.9. The highest BCUT2D eigenvalue weighted by atomic mass is 79.9. The first-order valence-electron chi connectivity index (χ1n) is 6.81. The van der Waals surface area contributed by atoms with Crippen LogP contribution in [0.4, 0.5) is 0 Å². The Kier molecular flexibility index (Phi) is 6.24. The Morgan fingerprint density at radius 1 is 0.909 bits per heavy atom. The van der Waals surface area contributed by atoms with Gasteiger partial charge in [-0.2, -0.15) is 0 Å². The minimum atomic E-state index is 0.171. The van der Waals surface area contributed by atoms with Crippen LogP contribution < -0.4 is 9.47 Å². The van der Waals surface area contributed by atoms with Crippen molar-refractivity contribution in [2.45, 2.75) is 6.92 Å². The van der Waals surface area contributed by atoms with E-state index < -0.39 is 0 Å². The van der Waals surface area contributed by atoms with Gasteiger partial charge in [0, 0.05) is 25.8 Å². The smallest absolute Gasteiger partial charge is 0.188 e. The van der Waals surface area contributed by atoms with Crippen LogP contribution in [-0.2, 0) is 9.47 Å². The zero-order valence-corrected chi connectivity index (χ0v) is 14.5. The van der Waals surface area contributed by atoms with E-state index in [-0.39, 0.29) is 13.6 Å². The summed E-state index contributed by atoms with van der Waals surface area (Å²) in [5.41, 5.74) is 3.12. The molecule has 0 N–H and O–H groups in total. The van der Waals surface area contributed by atoms with E-state index in [4.69, 9.17) is 18.9 Å². The average molecular weight is 367 g/mol. The van der Waals surface area contributed by atoms with E-state index in [0.717, 1.165) is 21.2 Å². The van der Waals surface area contributed by atoms with Gasteiger partial charge in [-0.3, -0.25) is 0 Å². The molecule has 0 amide bonds. The lowest BCUT2D eigenvalue weighted by atomic mass is 9.99. The summed E-state index contributed by atoms with van der Waals surface area (Å²) >= 11 is 3.59. The van der Waals surface area contributed by atoms with Gasteiger partial charge in [0.15, 0.2) is 13.6 Å². The summed E-state index contributed by atoms with van der Waals surface area (Å²) in [6.45, 7) is 2.36. The number of hydrogen-bond acceptors (Lipinski definition) is 4. The van der Waals surface area contributed by atoms with Crippen LogP contribution in [0.1, 0.15) is 5.56 Å². The lowest BCUT2D eigenvalue weighted by molar-refractivity contribution is 0.0459. The molecule has 0 fully saturated rings. The highest BCUT2D eigenvalue weighted by Gasteiger charge is 2.17. The van der Waals surface area contributed by atoms with Gasteiger partial charge < -0.3 is 18.9 Å². The maximum Gasteiger partial charge on any atom is 0.188 e. The van der Waals surface area contributed by atoms with Gasteiger partial charge in [0.2, 0.25) is 0 Å². The van der Waals surface area contributed by atoms with Crippen molar-refractivity contribution in [1.29, 1.82) is 0 Å². The Balaban J connectivity index is 2.52. The number of rotatable bonds is 7. The molecule has 0 saturated heterocycles. The molecule has 2 aromatic rings. The summed E-state index contributed by atoms with van der Waals surface area (Å²) < 4.78 is 22.2. The number of ether oxygens (including phenoxy) is 4. The molecule has 0 unspecified atom stereocenters. The van der Waals surface area contributed by atoms with E-state index >= 15 is 0 Å². The molecule has 0 bridgehead atoms. The molecule has 5 heteroatoms. The van der Waals surface area contributed by atoms with E-state index in [1.54, 1.807) is 14.2 Å². The highest BCUT2D eigenvalue weighted by Crippen LogP contribution is 2.42. The first-order chi connectivity index (χ1) is 10.7. The van der Waals surface area contributed by atoms with Crippen LogP contribution in [0.15, 0.2) is 40.9 Å². The predicted octanol–water partition coefficient (Wildman–Crippen LogP) is 4.39. The van der Waals surface area contributed by atoms with Crippen molar-refractivity contribution in [2.75, 3.05) is 27.8 Å². The monoisotopic (exact) mass is 366 g/mol. The topological polar surface area (TPSA) is 36.9 Å². The molecule has 0 saturated carbocycles. The quantitative estimate of drug-likeness (QED) is 0.681. The largest absolute Gasteiger partial charge is 0.467 e. The second kappa shape index (κ2) is 8.17. The summed E-state index contributed by atoms with van der Waals surface area (Å²) in [7, 11) is 3.18. The van der Waals surface area contributed by atoms with Crippen molar-refractivity contribution >= 4 is 15.9 Å². The fourth-order valence-corrected chi connectivity index (χ4v) is 2.59. The summed E-state index contributed by atoms with van der Waals surface area (Å²) in [6.07, 6.45) is 0. The molecule has 0 aliphatic heterocycles. The minimum Gasteiger partial charge on any atom is -0.467 e. The summed E-state index contributed by atoms with van der Waals surface area (Å²) in [4.78, 5) is 0. The highest BCUT2D eigenvalue weighted by molar-refractivity contribution is 9.10. The molecular formula is C17H19BrO4. The van der Waals surface area contributed by atoms with Gasteiger partial charge in [-0.15, -0.1) is 0 Å². The Hall–Kier alpha value is -1.56. The summed E-state index contributed by atoms with van der Waals surface area (Å²) in [5, 5.41) is 0. The standard InChI is InChI=1S/C17H19BrO4/c1-12-16(13-7-5-4-6-8-13)14(21-10-19-2)9-15(17(12)18)22-11-20-3/h4-9H,10-11H2,1-3H3. The molecule has 0 radical (unpaired) electrons. The SMILES string of the molecule is COCOc1cc(OCOC)c(-c2ccccc2)c(C)c1Br. The van der Waals surface area contributed by atoms with Crippen LogP contribution in [-0.4, -0.2) is 27.8 Å². The molecule has 0 spiro atoms. The van der Waals surface area contributed by atoms with Crippen molar-refractivity contribution in [3.05, 3.63) is 46.4 Å². The molecule has 0 aliphatic carbocycles. The number of halogens is 1. The van der Waals surface area contributed by atoms with Crippen molar-refractivity contribution in [2.24, 2.45) is 0 Å². The zero-order valence-electron chi connectivity index (χ0n) is 12.9. The van der Waals surface area contributed by atoms with Crippen LogP contribution >= 0.6 is 15.9 Å². The average Bonchev–Trinajstić information content (AvgIpc) is 2.55. The Morgan fingerprint density at radius 2 is 1.50 bits per heavy atom. The maximum atomic E-state index is 5.73. The normalized spacial score (nSPS) is 10.5. The van der Waals surface area contributed by atoms with Gasteiger partial charge in [0.05, 0.1) is 4.47 Å². The minimum absolute atomic E-state index is 0.171. The second-order valence-corrected chi connectivity index (χ2v) is 5.45. The number of benzene rings is 2. The predicted molar refractivity (Wildman–Crippen MR) is 89.3 cm³/mol. The molecule has 22 heavy (non-hydrogen) atoms. The van der Waals surface area contributed by atoms with Crippen LogP contribution in [0, 0.1) is 6.92 Å². The van der Waals surface area contributed by atoms with E-state index in [1.165, 1.54) is 0 Å². The Bertz CT molecular complexity index is 614. The first-order valence-corrected chi connectivity index (χ1v) is 7.60. The third kappa shape index (κ3) is 3.80. The molecule has 0 atom stereocenters. The lowest BCUT2D eigenvalue weighted by Crippen LogP contribution is -2.05. The van der Waals surface area contributed by atoms with Gasteiger partial charge in [0.25, 0.3) is 0 Å². The van der Waals surface area contributed by atoms with Crippen LogP contribution in [0.2, 0.25) is 0 Å². The summed E-state index contributed by atoms with van der Waals surface area (Å²) in [5.74, 6) is 1.38. The van der Waals surface area contributed by atoms with E-state index in [0.29, 0.717) is 11.5 Å². The molecule has 2 aromatic carbocycles. The molecular weight excluding hydrogens is 348 g/mol. The lowest BCUT2D eigenvalue weighted by Gasteiger charge is -2.18. The van der Waals surface area contributed by atoms with Crippen LogP contribution in [0.3, 0.4) is 0 Å². The molecule has 0 heterocycles. The van der Waals surface area contributed by atoms with Gasteiger partial charge in [-0.1, -0.05) is 30.3 Å². The van der Waals surface area contributed by atoms with Crippen LogP contribution in [0.25, 0.3) is 11.1 Å². The Morgan fingerprint density at radius 3 is 2.09 bits per heavy atom. The van der Waals surface area contributed by atoms with E-state index in [2.05, 4.69) is 15.9 Å². The number of hydrogen-bond donors (Lipinski definition) is 0. The fraction of sp³-hybridized carbons (Fsp3) is 0.294. The van der Waals surface area contributed by atoms with Gasteiger partial charge in [-0.25, -0.2) is 0 Å². The second-order valence-electron chi connectivity index (χ2n) is 4.65. The third-order valence-electron chi connectivity index (χ3n) is 3.16. The molecule has 0 aromatic heterocycles. The van der Waals surface area contributed by atoms with Crippen LogP contribution in [0.5, 0.6) is 11.5 Å². The van der Waals surface area contributed by atoms with E-state index in [9.17, 15) is 0 Å². The third-order valence-corrected chi connectivity index (χ3v) is 4.14.